The van der Waals surface area contributed by atoms with Gasteiger partial charge in [0, 0.05) is 40.4 Å². The molecular formula is C24H26ClN3O2. The van der Waals surface area contributed by atoms with Crippen molar-refractivity contribution in [3.8, 4) is 0 Å². The summed E-state index contributed by atoms with van der Waals surface area (Å²) in [5.41, 5.74) is 4.86. The fraction of sp³-hybridized carbons (Fsp3) is 0.333. The number of carbonyl (C=O) groups excluding carboxylic acids is 1. The Balaban J connectivity index is 1.86. The average molecular weight is 424 g/mol. The second-order valence-corrected chi connectivity index (χ2v) is 8.62. The van der Waals surface area contributed by atoms with Crippen LogP contribution in [0.25, 0.3) is 10.9 Å². The van der Waals surface area contributed by atoms with Crippen LogP contribution in [0, 0.1) is 6.92 Å². The molecule has 0 unspecified atom stereocenters. The van der Waals surface area contributed by atoms with E-state index in [9.17, 15) is 9.59 Å². The molecule has 0 aliphatic carbocycles. The highest BCUT2D eigenvalue weighted by Gasteiger charge is 2.20. The number of nitrogens with zero attached hydrogens (tertiary/aromatic N) is 1. The minimum absolute atomic E-state index is 0.146. The minimum Gasteiger partial charge on any atom is -0.348 e. The largest absolute Gasteiger partial charge is 0.348 e. The molecule has 0 saturated heterocycles. The molecule has 1 amide bonds. The summed E-state index contributed by atoms with van der Waals surface area (Å²) in [7, 11) is 0. The number of pyridine rings is 1. The first kappa shape index (κ1) is 20.5. The van der Waals surface area contributed by atoms with Crippen LogP contribution in [0.1, 0.15) is 59.1 Å². The van der Waals surface area contributed by atoms with Crippen LogP contribution in [0.5, 0.6) is 0 Å². The summed E-state index contributed by atoms with van der Waals surface area (Å²) in [6, 6.07) is 5.87. The Morgan fingerprint density at radius 2 is 1.90 bits per heavy atom. The highest BCUT2D eigenvalue weighted by molar-refractivity contribution is 6.32. The van der Waals surface area contributed by atoms with Crippen LogP contribution >= 0.6 is 11.6 Å². The first-order valence-corrected chi connectivity index (χ1v) is 10.7. The SMILES string of the molecule is Cc1cc2c(c(=O)[nH]1)CNC(=O)c1cc(Cl)cc3c1c(cn3C(C)C)C/C=C\CC2. The van der Waals surface area contributed by atoms with E-state index >= 15 is 0 Å². The Bertz CT molecular complexity index is 1220. The lowest BCUT2D eigenvalue weighted by Crippen LogP contribution is -2.28. The molecule has 1 aliphatic heterocycles. The lowest BCUT2D eigenvalue weighted by Gasteiger charge is -2.13. The van der Waals surface area contributed by atoms with Crippen molar-refractivity contribution in [3.63, 3.8) is 0 Å². The molecule has 4 rings (SSSR count). The zero-order valence-corrected chi connectivity index (χ0v) is 18.3. The molecule has 0 fully saturated rings. The highest BCUT2D eigenvalue weighted by Crippen LogP contribution is 2.32. The second kappa shape index (κ2) is 8.15. The third-order valence-corrected chi connectivity index (χ3v) is 5.87. The average Bonchev–Trinajstić information content (AvgIpc) is 3.04. The van der Waals surface area contributed by atoms with Crippen LogP contribution in [0.2, 0.25) is 5.02 Å². The fourth-order valence-corrected chi connectivity index (χ4v) is 4.44. The summed E-state index contributed by atoms with van der Waals surface area (Å²) >= 11 is 6.39. The first-order chi connectivity index (χ1) is 14.3. The molecule has 0 saturated carbocycles. The molecular weight excluding hydrogens is 398 g/mol. The van der Waals surface area contributed by atoms with Crippen molar-refractivity contribution in [2.45, 2.75) is 52.6 Å². The van der Waals surface area contributed by atoms with Gasteiger partial charge >= 0.3 is 0 Å². The van der Waals surface area contributed by atoms with Crippen molar-refractivity contribution in [3.05, 3.63) is 79.9 Å². The Morgan fingerprint density at radius 3 is 2.67 bits per heavy atom. The molecule has 1 aliphatic rings. The maximum absolute atomic E-state index is 13.2. The number of aryl methyl sites for hydroxylation is 2. The topological polar surface area (TPSA) is 66.9 Å². The van der Waals surface area contributed by atoms with Gasteiger partial charge in [0.05, 0.1) is 11.1 Å². The van der Waals surface area contributed by atoms with Gasteiger partial charge in [0.15, 0.2) is 0 Å². The lowest BCUT2D eigenvalue weighted by atomic mass is 10.0. The highest BCUT2D eigenvalue weighted by atomic mass is 35.5. The van der Waals surface area contributed by atoms with E-state index in [1.165, 1.54) is 0 Å². The van der Waals surface area contributed by atoms with E-state index in [0.717, 1.165) is 47.0 Å². The molecule has 3 aromatic rings. The standard InChI is InChI=1S/C24H26ClN3O2/c1-14(2)28-13-17-8-6-4-5-7-16-9-15(3)27-24(30)20(16)12-26-23(29)19-10-18(25)11-21(28)22(17)19/h4,6,9-11,13-14H,5,7-8,12H2,1-3H3,(H,26,29)(H,27,30)/b6-4-. The van der Waals surface area contributed by atoms with E-state index in [-0.39, 0.29) is 24.1 Å². The van der Waals surface area contributed by atoms with Crippen LogP contribution < -0.4 is 10.9 Å². The second-order valence-electron chi connectivity index (χ2n) is 8.18. The van der Waals surface area contributed by atoms with Gasteiger partial charge in [-0.15, -0.1) is 0 Å². The van der Waals surface area contributed by atoms with Gasteiger partial charge in [0.1, 0.15) is 0 Å². The molecule has 30 heavy (non-hydrogen) atoms. The minimum atomic E-state index is -0.223. The van der Waals surface area contributed by atoms with E-state index in [1.807, 2.05) is 19.1 Å². The van der Waals surface area contributed by atoms with Gasteiger partial charge in [-0.1, -0.05) is 23.8 Å². The Hall–Kier alpha value is -2.79. The van der Waals surface area contributed by atoms with Gasteiger partial charge in [-0.05, 0) is 69.4 Å². The number of H-pyrrole nitrogens is 1. The van der Waals surface area contributed by atoms with Crippen molar-refractivity contribution >= 4 is 28.4 Å². The Kier molecular flexibility index (Phi) is 5.56. The van der Waals surface area contributed by atoms with Crippen molar-refractivity contribution in [1.29, 1.82) is 0 Å². The maximum Gasteiger partial charge on any atom is 0.253 e. The van der Waals surface area contributed by atoms with E-state index in [0.29, 0.717) is 16.1 Å². The number of aromatic amines is 1. The number of hydrogen-bond donors (Lipinski definition) is 2. The molecule has 0 bridgehead atoms. The molecule has 2 aromatic heterocycles. The van der Waals surface area contributed by atoms with Gasteiger partial charge in [-0.25, -0.2) is 0 Å². The molecule has 0 atom stereocenters. The van der Waals surface area contributed by atoms with Gasteiger partial charge in [-0.2, -0.15) is 0 Å². The molecule has 1 aromatic carbocycles. The lowest BCUT2D eigenvalue weighted by molar-refractivity contribution is 0.0952. The Labute approximate surface area is 180 Å². The number of nitrogens with one attached hydrogen (secondary N) is 2. The zero-order valence-electron chi connectivity index (χ0n) is 17.5. The number of fused-ring (bicyclic) bond motifs is 1. The van der Waals surface area contributed by atoms with Crippen LogP contribution in [0.4, 0.5) is 0 Å². The third-order valence-electron chi connectivity index (χ3n) is 5.65. The molecule has 2 N–H and O–H groups in total. The summed E-state index contributed by atoms with van der Waals surface area (Å²) < 4.78 is 2.16. The maximum atomic E-state index is 13.2. The van der Waals surface area contributed by atoms with Crippen LogP contribution in [-0.2, 0) is 19.4 Å². The summed E-state index contributed by atoms with van der Waals surface area (Å²) in [6.45, 7) is 6.29. The quantitative estimate of drug-likeness (QED) is 0.549. The summed E-state index contributed by atoms with van der Waals surface area (Å²) in [5.74, 6) is -0.223. The van der Waals surface area contributed by atoms with Crippen LogP contribution in [0.3, 0.4) is 0 Å². The van der Waals surface area contributed by atoms with Crippen LogP contribution in [-0.4, -0.2) is 15.5 Å². The van der Waals surface area contributed by atoms with Crippen LogP contribution in [0.15, 0.2) is 41.3 Å². The van der Waals surface area contributed by atoms with Gasteiger partial charge in [-0.3, -0.25) is 9.59 Å². The van der Waals surface area contributed by atoms with E-state index in [1.54, 1.807) is 6.07 Å². The smallest absolute Gasteiger partial charge is 0.253 e. The summed E-state index contributed by atoms with van der Waals surface area (Å²) in [6.07, 6.45) is 8.75. The van der Waals surface area contributed by atoms with Crippen molar-refractivity contribution < 1.29 is 4.79 Å². The number of benzene rings is 1. The number of rotatable bonds is 1. The van der Waals surface area contributed by atoms with Crippen molar-refractivity contribution in [1.82, 2.24) is 14.9 Å². The first-order valence-electron chi connectivity index (χ1n) is 10.3. The predicted molar refractivity (Wildman–Crippen MR) is 121 cm³/mol. The zero-order chi connectivity index (χ0) is 21.4. The van der Waals surface area contributed by atoms with Gasteiger partial charge < -0.3 is 14.9 Å². The molecule has 3 heterocycles. The van der Waals surface area contributed by atoms with E-state index in [4.69, 9.17) is 11.6 Å². The molecule has 0 radical (unpaired) electrons. The van der Waals surface area contributed by atoms with Gasteiger partial charge in [0.2, 0.25) is 0 Å². The van der Waals surface area contributed by atoms with E-state index < -0.39 is 0 Å². The monoisotopic (exact) mass is 423 g/mol. The molecule has 5 nitrogen and oxygen atoms in total. The predicted octanol–water partition coefficient (Wildman–Crippen LogP) is 4.85. The summed E-state index contributed by atoms with van der Waals surface area (Å²) in [4.78, 5) is 28.6. The number of aromatic nitrogens is 2. The third kappa shape index (κ3) is 3.82. The number of allylic oxidation sites excluding steroid dienone is 2. The fourth-order valence-electron chi connectivity index (χ4n) is 4.23. The van der Waals surface area contributed by atoms with Crippen molar-refractivity contribution in [2.24, 2.45) is 0 Å². The number of hydrogen-bond acceptors (Lipinski definition) is 2. The number of halogens is 1. The molecule has 6 heteroatoms. The van der Waals surface area contributed by atoms with Crippen molar-refractivity contribution in [2.75, 3.05) is 0 Å². The normalized spacial score (nSPS) is 15.8. The van der Waals surface area contributed by atoms with E-state index in [2.05, 4.69) is 47.1 Å². The number of carbonyl (C=O) groups is 1. The Morgan fingerprint density at radius 1 is 1.10 bits per heavy atom. The molecule has 156 valence electrons. The summed E-state index contributed by atoms with van der Waals surface area (Å²) in [5, 5.41) is 4.40. The number of amides is 1. The molecule has 0 spiro atoms. The van der Waals surface area contributed by atoms with Gasteiger partial charge in [0.25, 0.3) is 11.5 Å².